The Morgan fingerprint density at radius 1 is 1.32 bits per heavy atom. The molecule has 4 nitrogen and oxygen atoms in total. The van der Waals surface area contributed by atoms with E-state index in [1.807, 2.05) is 18.2 Å². The van der Waals surface area contributed by atoms with Crippen LogP contribution >= 0.6 is 11.6 Å². The molecule has 0 aliphatic carbocycles. The molecule has 19 heavy (non-hydrogen) atoms. The van der Waals surface area contributed by atoms with Crippen molar-refractivity contribution in [2.75, 3.05) is 26.2 Å². The van der Waals surface area contributed by atoms with Gasteiger partial charge in [0, 0.05) is 25.2 Å². The van der Waals surface area contributed by atoms with Crippen molar-refractivity contribution in [3.05, 3.63) is 29.0 Å². The van der Waals surface area contributed by atoms with Crippen molar-refractivity contribution in [3.8, 4) is 0 Å². The van der Waals surface area contributed by atoms with E-state index in [1.54, 1.807) is 0 Å². The van der Waals surface area contributed by atoms with Crippen molar-refractivity contribution in [2.24, 2.45) is 7.05 Å². The van der Waals surface area contributed by atoms with E-state index in [0.29, 0.717) is 0 Å². The second kappa shape index (κ2) is 5.49. The lowest BCUT2D eigenvalue weighted by atomic mass is 10.3. The van der Waals surface area contributed by atoms with Gasteiger partial charge in [0.1, 0.15) is 5.82 Å². The van der Waals surface area contributed by atoms with Gasteiger partial charge < -0.3 is 9.88 Å². The molecule has 0 spiro atoms. The summed E-state index contributed by atoms with van der Waals surface area (Å²) < 4.78 is 2.17. The van der Waals surface area contributed by atoms with E-state index in [0.717, 1.165) is 54.6 Å². The predicted octanol–water partition coefficient (Wildman–Crippen LogP) is 2.02. The standard InChI is InChI=1S/C14H19ClN4/c1-18-13-4-3-11(15)9-12(13)17-14(18)10-19-7-2-5-16-6-8-19/h3-4,9,16H,2,5-8,10H2,1H3. The minimum atomic E-state index is 0.746. The van der Waals surface area contributed by atoms with Gasteiger partial charge in [-0.2, -0.15) is 0 Å². The number of rotatable bonds is 2. The van der Waals surface area contributed by atoms with E-state index >= 15 is 0 Å². The first kappa shape index (κ1) is 12.9. The Balaban J connectivity index is 1.85. The van der Waals surface area contributed by atoms with Crippen LogP contribution in [0.2, 0.25) is 5.02 Å². The summed E-state index contributed by atoms with van der Waals surface area (Å²) >= 11 is 6.03. The maximum Gasteiger partial charge on any atom is 0.123 e. The molecule has 1 saturated heterocycles. The first-order valence-electron chi connectivity index (χ1n) is 6.78. The van der Waals surface area contributed by atoms with Crippen LogP contribution in [-0.2, 0) is 13.6 Å². The van der Waals surface area contributed by atoms with Gasteiger partial charge >= 0.3 is 0 Å². The van der Waals surface area contributed by atoms with Gasteiger partial charge in [-0.15, -0.1) is 0 Å². The van der Waals surface area contributed by atoms with Gasteiger partial charge in [0.25, 0.3) is 0 Å². The summed E-state index contributed by atoms with van der Waals surface area (Å²) in [5.41, 5.74) is 2.13. The topological polar surface area (TPSA) is 33.1 Å². The highest BCUT2D eigenvalue weighted by atomic mass is 35.5. The maximum absolute atomic E-state index is 6.03. The van der Waals surface area contributed by atoms with Crippen molar-refractivity contribution in [1.82, 2.24) is 19.8 Å². The number of nitrogens with one attached hydrogen (secondary N) is 1. The Morgan fingerprint density at radius 3 is 3.11 bits per heavy atom. The Hall–Kier alpha value is -1.10. The smallest absolute Gasteiger partial charge is 0.123 e. The molecule has 0 atom stereocenters. The number of aryl methyl sites for hydroxylation is 1. The van der Waals surface area contributed by atoms with Crippen molar-refractivity contribution >= 4 is 22.6 Å². The number of fused-ring (bicyclic) bond motifs is 1. The second-order valence-corrected chi connectivity index (χ2v) is 5.54. The van der Waals surface area contributed by atoms with Gasteiger partial charge in [-0.3, -0.25) is 4.90 Å². The second-order valence-electron chi connectivity index (χ2n) is 5.10. The van der Waals surface area contributed by atoms with Gasteiger partial charge in [-0.05, 0) is 37.7 Å². The molecule has 102 valence electrons. The van der Waals surface area contributed by atoms with Crippen LogP contribution in [0.4, 0.5) is 0 Å². The van der Waals surface area contributed by atoms with E-state index in [1.165, 1.54) is 6.42 Å². The van der Waals surface area contributed by atoms with Gasteiger partial charge in [-0.1, -0.05) is 11.6 Å². The van der Waals surface area contributed by atoms with Crippen molar-refractivity contribution in [1.29, 1.82) is 0 Å². The van der Waals surface area contributed by atoms with Gasteiger partial charge in [0.15, 0.2) is 0 Å². The van der Waals surface area contributed by atoms with Crippen LogP contribution in [0.3, 0.4) is 0 Å². The van der Waals surface area contributed by atoms with E-state index in [9.17, 15) is 0 Å². The average Bonchev–Trinajstić information content (AvgIpc) is 2.58. The van der Waals surface area contributed by atoms with Crippen LogP contribution in [0.5, 0.6) is 0 Å². The third-order valence-electron chi connectivity index (χ3n) is 3.73. The van der Waals surface area contributed by atoms with Crippen LogP contribution in [-0.4, -0.2) is 40.6 Å². The lowest BCUT2D eigenvalue weighted by molar-refractivity contribution is 0.275. The Morgan fingerprint density at radius 2 is 2.21 bits per heavy atom. The lowest BCUT2D eigenvalue weighted by Crippen LogP contribution is -2.28. The molecule has 0 radical (unpaired) electrons. The molecule has 0 saturated carbocycles. The predicted molar refractivity (Wildman–Crippen MR) is 78.5 cm³/mol. The summed E-state index contributed by atoms with van der Waals surface area (Å²) in [6, 6.07) is 5.90. The van der Waals surface area contributed by atoms with Crippen molar-refractivity contribution < 1.29 is 0 Å². The van der Waals surface area contributed by atoms with E-state index in [4.69, 9.17) is 16.6 Å². The summed E-state index contributed by atoms with van der Waals surface area (Å²) in [6.07, 6.45) is 1.20. The molecule has 0 amide bonds. The highest BCUT2D eigenvalue weighted by Crippen LogP contribution is 2.20. The Labute approximate surface area is 118 Å². The number of aromatic nitrogens is 2. The molecule has 2 aromatic rings. The molecule has 1 N–H and O–H groups in total. The molecule has 1 aliphatic heterocycles. The molecule has 1 aliphatic rings. The number of hydrogen-bond acceptors (Lipinski definition) is 3. The molecule has 1 aromatic carbocycles. The molecular weight excluding hydrogens is 260 g/mol. The fourth-order valence-electron chi connectivity index (χ4n) is 2.62. The van der Waals surface area contributed by atoms with Crippen molar-refractivity contribution in [3.63, 3.8) is 0 Å². The van der Waals surface area contributed by atoms with Crippen LogP contribution < -0.4 is 5.32 Å². The minimum Gasteiger partial charge on any atom is -0.330 e. The first-order valence-corrected chi connectivity index (χ1v) is 7.16. The zero-order chi connectivity index (χ0) is 13.2. The highest BCUT2D eigenvalue weighted by molar-refractivity contribution is 6.31. The molecule has 1 fully saturated rings. The van der Waals surface area contributed by atoms with E-state index < -0.39 is 0 Å². The molecule has 0 bridgehead atoms. The van der Waals surface area contributed by atoms with Crippen LogP contribution in [0, 0.1) is 0 Å². The monoisotopic (exact) mass is 278 g/mol. The zero-order valence-electron chi connectivity index (χ0n) is 11.2. The normalized spacial score (nSPS) is 17.8. The highest BCUT2D eigenvalue weighted by Gasteiger charge is 2.14. The molecule has 2 heterocycles. The lowest BCUT2D eigenvalue weighted by Gasteiger charge is -2.18. The molecule has 3 rings (SSSR count). The van der Waals surface area contributed by atoms with Gasteiger partial charge in [-0.25, -0.2) is 4.98 Å². The van der Waals surface area contributed by atoms with Crippen molar-refractivity contribution in [2.45, 2.75) is 13.0 Å². The Bertz CT molecular complexity index is 570. The van der Waals surface area contributed by atoms with Gasteiger partial charge in [0.05, 0.1) is 17.6 Å². The van der Waals surface area contributed by atoms with Crippen LogP contribution in [0.15, 0.2) is 18.2 Å². The quantitative estimate of drug-likeness (QED) is 0.912. The molecular formula is C14H19ClN4. The summed E-state index contributed by atoms with van der Waals surface area (Å²) in [4.78, 5) is 7.18. The SMILES string of the molecule is Cn1c(CN2CCCNCC2)nc2cc(Cl)ccc21. The summed E-state index contributed by atoms with van der Waals surface area (Å²) in [6.45, 7) is 5.32. The fraction of sp³-hybridized carbons (Fsp3) is 0.500. The third-order valence-corrected chi connectivity index (χ3v) is 3.97. The number of nitrogens with zero attached hydrogens (tertiary/aromatic N) is 3. The molecule has 5 heteroatoms. The average molecular weight is 279 g/mol. The number of halogens is 1. The first-order chi connectivity index (χ1) is 9.24. The van der Waals surface area contributed by atoms with Crippen LogP contribution in [0.25, 0.3) is 11.0 Å². The summed E-state index contributed by atoms with van der Waals surface area (Å²) in [7, 11) is 2.08. The fourth-order valence-corrected chi connectivity index (χ4v) is 2.79. The maximum atomic E-state index is 6.03. The third kappa shape index (κ3) is 2.76. The molecule has 1 aromatic heterocycles. The number of hydrogen-bond donors (Lipinski definition) is 1. The number of benzene rings is 1. The van der Waals surface area contributed by atoms with E-state index in [-0.39, 0.29) is 0 Å². The largest absolute Gasteiger partial charge is 0.330 e. The minimum absolute atomic E-state index is 0.746. The van der Waals surface area contributed by atoms with E-state index in [2.05, 4.69) is 21.8 Å². The molecule has 0 unspecified atom stereocenters. The summed E-state index contributed by atoms with van der Waals surface area (Å²) in [5, 5.41) is 4.17. The zero-order valence-corrected chi connectivity index (χ0v) is 12.0. The Kier molecular flexibility index (Phi) is 3.73. The summed E-state index contributed by atoms with van der Waals surface area (Å²) in [5.74, 6) is 1.11. The number of imidazole rings is 1. The van der Waals surface area contributed by atoms with Gasteiger partial charge in [0.2, 0.25) is 0 Å². The van der Waals surface area contributed by atoms with Crippen LogP contribution in [0.1, 0.15) is 12.2 Å².